The summed E-state index contributed by atoms with van der Waals surface area (Å²) >= 11 is 1.69. The molecule has 2 aromatic rings. The lowest BCUT2D eigenvalue weighted by Crippen LogP contribution is -2.45. The van der Waals surface area contributed by atoms with Crippen molar-refractivity contribution in [1.29, 1.82) is 0 Å². The Morgan fingerprint density at radius 3 is 2.92 bits per heavy atom. The van der Waals surface area contributed by atoms with Crippen molar-refractivity contribution >= 4 is 33.1 Å². The number of rotatable bonds is 5. The molecule has 2 aliphatic rings. The first-order valence-corrected chi connectivity index (χ1v) is 10.0. The maximum atomic E-state index is 5.49. The Balaban J connectivity index is 1.32. The molecule has 25 heavy (non-hydrogen) atoms. The zero-order valence-electron chi connectivity index (χ0n) is 14.9. The van der Waals surface area contributed by atoms with Gasteiger partial charge in [0, 0.05) is 32.1 Å². The number of hydrogen-bond acceptors (Lipinski definition) is 7. The first-order chi connectivity index (χ1) is 12.2. The van der Waals surface area contributed by atoms with Gasteiger partial charge < -0.3 is 15.1 Å². The van der Waals surface area contributed by atoms with E-state index in [9.17, 15) is 0 Å². The monoisotopic (exact) mass is 359 g/mol. The molecule has 7 heteroatoms. The molecule has 0 radical (unpaired) electrons. The average molecular weight is 359 g/mol. The number of anilines is 1. The molecular weight excluding hydrogens is 334 g/mol. The van der Waals surface area contributed by atoms with Crippen LogP contribution in [0.4, 0.5) is 5.82 Å². The van der Waals surface area contributed by atoms with E-state index in [4.69, 9.17) is 9.82 Å². The van der Waals surface area contributed by atoms with Gasteiger partial charge >= 0.3 is 0 Å². The molecular formula is C18H25N5OS. The Morgan fingerprint density at radius 1 is 1.32 bits per heavy atom. The Bertz CT molecular complexity index is 766. The highest BCUT2D eigenvalue weighted by molar-refractivity contribution is 7.16. The van der Waals surface area contributed by atoms with E-state index in [1.165, 1.54) is 11.1 Å². The molecule has 1 fully saturated rings. The fourth-order valence-electron chi connectivity index (χ4n) is 3.58. The molecule has 1 N–H and O–H groups in total. The standard InChI is InChI=1S/C18H25N5OS/c1-3-13-10-15(24-22-13)11-19-14-4-7-23(8-5-14)17-16-6-9-25-18(16)21-12(2)20-17/h6,9,14-15,19H,3-5,7-8,10-11H2,1-2H3/t15-/m0/s1. The highest BCUT2D eigenvalue weighted by Crippen LogP contribution is 2.29. The number of aromatic nitrogens is 2. The minimum atomic E-state index is 0.211. The molecule has 0 aliphatic carbocycles. The van der Waals surface area contributed by atoms with E-state index >= 15 is 0 Å². The van der Waals surface area contributed by atoms with Gasteiger partial charge in [-0.3, -0.25) is 0 Å². The first kappa shape index (κ1) is 16.7. The molecule has 0 aromatic carbocycles. The van der Waals surface area contributed by atoms with Crippen molar-refractivity contribution in [3.63, 3.8) is 0 Å². The number of aryl methyl sites for hydroxylation is 1. The average Bonchev–Trinajstić information content (AvgIpc) is 3.28. The van der Waals surface area contributed by atoms with Crippen molar-refractivity contribution in [2.45, 2.75) is 51.7 Å². The third-order valence-electron chi connectivity index (χ3n) is 5.05. The Kier molecular flexibility index (Phi) is 4.85. The largest absolute Gasteiger partial charge is 0.391 e. The van der Waals surface area contributed by atoms with Gasteiger partial charge in [0.1, 0.15) is 22.6 Å². The number of nitrogens with one attached hydrogen (secondary N) is 1. The van der Waals surface area contributed by atoms with Crippen LogP contribution in [-0.2, 0) is 4.84 Å². The van der Waals surface area contributed by atoms with Crippen LogP contribution in [0.3, 0.4) is 0 Å². The second-order valence-corrected chi connectivity index (χ2v) is 7.74. The molecule has 1 atom stereocenters. The summed E-state index contributed by atoms with van der Waals surface area (Å²) in [5, 5.41) is 11.1. The van der Waals surface area contributed by atoms with Gasteiger partial charge in [0.15, 0.2) is 0 Å². The molecule has 0 spiro atoms. The van der Waals surface area contributed by atoms with Crippen LogP contribution in [0.25, 0.3) is 10.2 Å². The smallest absolute Gasteiger partial charge is 0.145 e. The fraction of sp³-hybridized carbons (Fsp3) is 0.611. The van der Waals surface area contributed by atoms with Crippen LogP contribution in [0, 0.1) is 6.92 Å². The highest BCUT2D eigenvalue weighted by atomic mass is 32.1. The first-order valence-electron chi connectivity index (χ1n) is 9.14. The maximum absolute atomic E-state index is 5.49. The third kappa shape index (κ3) is 3.62. The summed E-state index contributed by atoms with van der Waals surface area (Å²) in [6.07, 6.45) is 4.43. The van der Waals surface area contributed by atoms with Crippen molar-refractivity contribution in [3.8, 4) is 0 Å². The molecule has 4 rings (SSSR count). The summed E-state index contributed by atoms with van der Waals surface area (Å²) in [5.74, 6) is 1.96. The van der Waals surface area contributed by atoms with Crippen LogP contribution in [0.2, 0.25) is 0 Å². The zero-order chi connectivity index (χ0) is 17.2. The summed E-state index contributed by atoms with van der Waals surface area (Å²) in [6, 6.07) is 2.69. The van der Waals surface area contributed by atoms with Crippen molar-refractivity contribution in [3.05, 3.63) is 17.3 Å². The number of oxime groups is 1. The van der Waals surface area contributed by atoms with Crippen molar-refractivity contribution in [1.82, 2.24) is 15.3 Å². The molecule has 2 aromatic heterocycles. The Morgan fingerprint density at radius 2 is 2.16 bits per heavy atom. The maximum Gasteiger partial charge on any atom is 0.145 e. The van der Waals surface area contributed by atoms with E-state index in [2.05, 4.69) is 38.7 Å². The summed E-state index contributed by atoms with van der Waals surface area (Å²) in [6.45, 7) is 7.06. The van der Waals surface area contributed by atoms with Crippen LogP contribution in [0.5, 0.6) is 0 Å². The minimum absolute atomic E-state index is 0.211. The summed E-state index contributed by atoms with van der Waals surface area (Å²) in [7, 11) is 0. The van der Waals surface area contributed by atoms with Crippen LogP contribution >= 0.6 is 11.3 Å². The topological polar surface area (TPSA) is 62.6 Å². The summed E-state index contributed by atoms with van der Waals surface area (Å²) in [5.41, 5.74) is 1.18. The Labute approximate surface area is 152 Å². The van der Waals surface area contributed by atoms with E-state index in [0.29, 0.717) is 6.04 Å². The normalized spacial score (nSPS) is 21.6. The number of thiophene rings is 1. The van der Waals surface area contributed by atoms with Gasteiger partial charge in [-0.2, -0.15) is 0 Å². The van der Waals surface area contributed by atoms with Gasteiger partial charge in [0.05, 0.1) is 11.1 Å². The molecule has 0 amide bonds. The molecule has 6 nitrogen and oxygen atoms in total. The second-order valence-electron chi connectivity index (χ2n) is 6.85. The molecule has 0 unspecified atom stereocenters. The van der Waals surface area contributed by atoms with Gasteiger partial charge in [-0.15, -0.1) is 11.3 Å². The van der Waals surface area contributed by atoms with Gasteiger partial charge in [-0.05, 0) is 37.6 Å². The summed E-state index contributed by atoms with van der Waals surface area (Å²) < 4.78 is 0. The van der Waals surface area contributed by atoms with Crippen LogP contribution in [-0.4, -0.2) is 47.5 Å². The second kappa shape index (κ2) is 7.25. The van der Waals surface area contributed by atoms with Gasteiger partial charge in [-0.25, -0.2) is 9.97 Å². The fourth-order valence-corrected chi connectivity index (χ4v) is 4.39. The molecule has 4 heterocycles. The van der Waals surface area contributed by atoms with Gasteiger partial charge in [0.25, 0.3) is 0 Å². The zero-order valence-corrected chi connectivity index (χ0v) is 15.7. The van der Waals surface area contributed by atoms with Crippen LogP contribution in [0.15, 0.2) is 16.6 Å². The predicted molar refractivity (Wildman–Crippen MR) is 103 cm³/mol. The van der Waals surface area contributed by atoms with Crippen molar-refractivity contribution in [2.75, 3.05) is 24.5 Å². The molecule has 134 valence electrons. The van der Waals surface area contributed by atoms with Gasteiger partial charge in [0.2, 0.25) is 0 Å². The molecule has 0 saturated carbocycles. The molecule has 1 saturated heterocycles. The van der Waals surface area contributed by atoms with Crippen LogP contribution in [0.1, 0.15) is 38.4 Å². The predicted octanol–water partition coefficient (Wildman–Crippen LogP) is 3.11. The number of hydrogen-bond donors (Lipinski definition) is 1. The Hall–Kier alpha value is -1.73. The van der Waals surface area contributed by atoms with E-state index < -0.39 is 0 Å². The highest BCUT2D eigenvalue weighted by Gasteiger charge is 2.25. The minimum Gasteiger partial charge on any atom is -0.391 e. The van der Waals surface area contributed by atoms with E-state index in [1.54, 1.807) is 11.3 Å². The van der Waals surface area contributed by atoms with E-state index in [1.807, 2.05) is 6.92 Å². The van der Waals surface area contributed by atoms with Crippen molar-refractivity contribution < 1.29 is 4.84 Å². The summed E-state index contributed by atoms with van der Waals surface area (Å²) in [4.78, 5) is 18.2. The van der Waals surface area contributed by atoms with Crippen molar-refractivity contribution in [2.24, 2.45) is 5.16 Å². The van der Waals surface area contributed by atoms with E-state index in [0.717, 1.165) is 61.8 Å². The van der Waals surface area contributed by atoms with E-state index in [-0.39, 0.29) is 6.10 Å². The lowest BCUT2D eigenvalue weighted by Gasteiger charge is -2.34. The third-order valence-corrected chi connectivity index (χ3v) is 5.85. The number of nitrogens with zero attached hydrogens (tertiary/aromatic N) is 4. The molecule has 2 aliphatic heterocycles. The SMILES string of the molecule is CCC1=NO[C@H](CNC2CCN(c3nc(C)nc4sccc34)CC2)C1. The quantitative estimate of drug-likeness (QED) is 0.889. The number of fused-ring (bicyclic) bond motifs is 1. The van der Waals surface area contributed by atoms with Gasteiger partial charge in [-0.1, -0.05) is 12.1 Å². The molecule has 0 bridgehead atoms. The lowest BCUT2D eigenvalue weighted by atomic mass is 10.0. The van der Waals surface area contributed by atoms with Crippen LogP contribution < -0.4 is 10.2 Å². The number of piperidine rings is 1. The lowest BCUT2D eigenvalue weighted by molar-refractivity contribution is 0.0818.